The van der Waals surface area contributed by atoms with Gasteiger partial charge in [-0.15, -0.1) is 0 Å². The van der Waals surface area contributed by atoms with Crippen LogP contribution in [0.15, 0.2) is 18.2 Å². The van der Waals surface area contributed by atoms with Crippen LogP contribution in [-0.4, -0.2) is 26.2 Å². The van der Waals surface area contributed by atoms with Gasteiger partial charge in [0, 0.05) is 25.9 Å². The minimum absolute atomic E-state index is 0.251. The molecule has 0 aliphatic rings. The van der Waals surface area contributed by atoms with E-state index in [4.69, 9.17) is 22.1 Å². The lowest BCUT2D eigenvalue weighted by Gasteiger charge is -2.08. The summed E-state index contributed by atoms with van der Waals surface area (Å²) >= 11 is 5.90. The number of anilines is 1. The molecule has 5 heteroatoms. The van der Waals surface area contributed by atoms with Gasteiger partial charge in [0.2, 0.25) is 0 Å². The maximum absolute atomic E-state index is 11.7. The zero-order chi connectivity index (χ0) is 12.0. The number of methoxy groups -OCH3 is 1. The van der Waals surface area contributed by atoms with Crippen LogP contribution in [0.25, 0.3) is 0 Å². The van der Waals surface area contributed by atoms with E-state index in [0.29, 0.717) is 29.4 Å². The first-order chi connectivity index (χ1) is 7.66. The Labute approximate surface area is 99.7 Å². The lowest BCUT2D eigenvalue weighted by atomic mass is 10.1. The Morgan fingerprint density at radius 2 is 2.31 bits per heavy atom. The number of hydrogen-bond acceptors (Lipinski definition) is 3. The maximum Gasteiger partial charge on any atom is 0.254 e. The second kappa shape index (κ2) is 6.35. The van der Waals surface area contributed by atoms with Crippen LogP contribution in [0.4, 0.5) is 5.69 Å². The molecule has 0 saturated heterocycles. The van der Waals surface area contributed by atoms with Gasteiger partial charge < -0.3 is 15.8 Å². The smallest absolute Gasteiger partial charge is 0.254 e. The van der Waals surface area contributed by atoms with Crippen LogP contribution in [0.2, 0.25) is 5.02 Å². The predicted octanol–water partition coefficient (Wildman–Crippen LogP) is 1.69. The molecule has 0 fully saturated rings. The highest BCUT2D eigenvalue weighted by atomic mass is 35.5. The van der Waals surface area contributed by atoms with Gasteiger partial charge in [0.1, 0.15) is 0 Å². The number of amides is 1. The van der Waals surface area contributed by atoms with Crippen molar-refractivity contribution in [3.8, 4) is 0 Å². The highest BCUT2D eigenvalue weighted by Gasteiger charge is 2.12. The normalized spacial score (nSPS) is 10.1. The molecule has 4 nitrogen and oxygen atoms in total. The molecule has 0 spiro atoms. The highest BCUT2D eigenvalue weighted by molar-refractivity contribution is 6.34. The lowest BCUT2D eigenvalue weighted by molar-refractivity contribution is 0.0949. The number of benzene rings is 1. The maximum atomic E-state index is 11.7. The van der Waals surface area contributed by atoms with E-state index in [1.807, 2.05) is 0 Å². The van der Waals surface area contributed by atoms with Gasteiger partial charge in [0.25, 0.3) is 5.91 Å². The van der Waals surface area contributed by atoms with Crippen LogP contribution < -0.4 is 11.1 Å². The zero-order valence-electron chi connectivity index (χ0n) is 9.13. The molecule has 16 heavy (non-hydrogen) atoms. The summed E-state index contributed by atoms with van der Waals surface area (Å²) in [4.78, 5) is 11.7. The van der Waals surface area contributed by atoms with Crippen molar-refractivity contribution in [2.45, 2.75) is 6.42 Å². The van der Waals surface area contributed by atoms with E-state index >= 15 is 0 Å². The Kier molecular flexibility index (Phi) is 5.08. The third kappa shape index (κ3) is 3.40. The number of nitrogens with one attached hydrogen (secondary N) is 1. The van der Waals surface area contributed by atoms with Crippen molar-refractivity contribution in [2.24, 2.45) is 0 Å². The Morgan fingerprint density at radius 1 is 1.56 bits per heavy atom. The quantitative estimate of drug-likeness (QED) is 0.610. The molecular formula is C11H15ClN2O2. The minimum Gasteiger partial charge on any atom is -0.398 e. The summed E-state index contributed by atoms with van der Waals surface area (Å²) in [6.45, 7) is 1.15. The van der Waals surface area contributed by atoms with Crippen molar-refractivity contribution in [1.29, 1.82) is 0 Å². The van der Waals surface area contributed by atoms with E-state index in [0.717, 1.165) is 6.42 Å². The van der Waals surface area contributed by atoms with Crippen LogP contribution in [-0.2, 0) is 4.74 Å². The molecule has 0 atom stereocenters. The van der Waals surface area contributed by atoms with Gasteiger partial charge in [-0.25, -0.2) is 0 Å². The summed E-state index contributed by atoms with van der Waals surface area (Å²) in [5.74, 6) is -0.251. The van der Waals surface area contributed by atoms with Gasteiger partial charge in [-0.1, -0.05) is 17.7 Å². The second-order valence-corrected chi connectivity index (χ2v) is 3.71. The van der Waals surface area contributed by atoms with Crippen LogP contribution in [0, 0.1) is 0 Å². The van der Waals surface area contributed by atoms with Crippen LogP contribution in [0.1, 0.15) is 16.8 Å². The van der Waals surface area contributed by atoms with Crippen LogP contribution in [0.5, 0.6) is 0 Å². The molecule has 0 aliphatic carbocycles. The Bertz CT molecular complexity index is 349. The van der Waals surface area contributed by atoms with Gasteiger partial charge in [-0.2, -0.15) is 0 Å². The van der Waals surface area contributed by atoms with Crippen molar-refractivity contribution >= 4 is 23.2 Å². The first-order valence-electron chi connectivity index (χ1n) is 4.98. The summed E-state index contributed by atoms with van der Waals surface area (Å²) in [7, 11) is 1.62. The molecule has 3 N–H and O–H groups in total. The first kappa shape index (κ1) is 12.8. The zero-order valence-corrected chi connectivity index (χ0v) is 9.88. The number of halogens is 1. The van der Waals surface area contributed by atoms with E-state index in [1.54, 1.807) is 25.3 Å². The molecular weight excluding hydrogens is 228 g/mol. The fraction of sp³-hybridized carbons (Fsp3) is 0.364. The van der Waals surface area contributed by atoms with E-state index in [-0.39, 0.29) is 5.91 Å². The summed E-state index contributed by atoms with van der Waals surface area (Å²) in [5, 5.41) is 3.10. The van der Waals surface area contributed by atoms with Gasteiger partial charge >= 0.3 is 0 Å². The van der Waals surface area contributed by atoms with Gasteiger partial charge in [-0.3, -0.25) is 4.79 Å². The monoisotopic (exact) mass is 242 g/mol. The Balaban J connectivity index is 2.59. The molecule has 0 aromatic heterocycles. The largest absolute Gasteiger partial charge is 0.398 e. The first-order valence-corrected chi connectivity index (χ1v) is 5.35. The van der Waals surface area contributed by atoms with Crippen LogP contribution in [0.3, 0.4) is 0 Å². The SMILES string of the molecule is COCCCNC(=O)c1c(N)cccc1Cl. The number of nitrogens with two attached hydrogens (primary N) is 1. The highest BCUT2D eigenvalue weighted by Crippen LogP contribution is 2.21. The molecule has 0 saturated carbocycles. The van der Waals surface area contributed by atoms with Crippen molar-refractivity contribution in [3.05, 3.63) is 28.8 Å². The number of nitrogen functional groups attached to an aromatic ring is 1. The molecule has 1 aromatic rings. The van der Waals surface area contributed by atoms with Gasteiger partial charge in [0.05, 0.1) is 10.6 Å². The lowest BCUT2D eigenvalue weighted by Crippen LogP contribution is -2.26. The molecule has 0 aliphatic heterocycles. The molecule has 0 unspecified atom stereocenters. The number of ether oxygens (including phenoxy) is 1. The molecule has 1 aromatic carbocycles. The Hall–Kier alpha value is -1.26. The second-order valence-electron chi connectivity index (χ2n) is 3.31. The number of rotatable bonds is 5. The van der Waals surface area contributed by atoms with Crippen molar-refractivity contribution in [3.63, 3.8) is 0 Å². The number of carbonyl (C=O) groups excluding carboxylic acids is 1. The number of carbonyl (C=O) groups is 1. The van der Waals surface area contributed by atoms with E-state index in [1.165, 1.54) is 0 Å². The summed E-state index contributed by atoms with van der Waals surface area (Å²) in [6, 6.07) is 5.00. The van der Waals surface area contributed by atoms with Crippen LogP contribution >= 0.6 is 11.6 Å². The Morgan fingerprint density at radius 3 is 2.94 bits per heavy atom. The molecule has 1 rings (SSSR count). The topological polar surface area (TPSA) is 64.3 Å². The third-order valence-corrected chi connectivity index (χ3v) is 2.40. The van der Waals surface area contributed by atoms with Gasteiger partial charge in [-0.05, 0) is 18.6 Å². The average molecular weight is 243 g/mol. The fourth-order valence-electron chi connectivity index (χ4n) is 1.29. The van der Waals surface area contributed by atoms with Crippen molar-refractivity contribution < 1.29 is 9.53 Å². The molecule has 1 amide bonds. The number of hydrogen-bond donors (Lipinski definition) is 2. The van der Waals surface area contributed by atoms with Crippen molar-refractivity contribution in [1.82, 2.24) is 5.32 Å². The van der Waals surface area contributed by atoms with E-state index < -0.39 is 0 Å². The molecule has 88 valence electrons. The van der Waals surface area contributed by atoms with E-state index in [2.05, 4.69) is 5.32 Å². The average Bonchev–Trinajstić information content (AvgIpc) is 2.24. The molecule has 0 heterocycles. The third-order valence-electron chi connectivity index (χ3n) is 2.08. The summed E-state index contributed by atoms with van der Waals surface area (Å²) in [5.41, 5.74) is 6.40. The standard InChI is InChI=1S/C11H15ClN2O2/c1-16-7-3-6-14-11(15)10-8(12)4-2-5-9(10)13/h2,4-5H,3,6-7,13H2,1H3,(H,14,15). The summed E-state index contributed by atoms with van der Waals surface area (Å²) in [6.07, 6.45) is 0.757. The molecule has 0 radical (unpaired) electrons. The predicted molar refractivity (Wildman–Crippen MR) is 64.7 cm³/mol. The minimum atomic E-state index is -0.251. The van der Waals surface area contributed by atoms with Crippen molar-refractivity contribution in [2.75, 3.05) is 26.0 Å². The summed E-state index contributed by atoms with van der Waals surface area (Å²) < 4.78 is 4.87. The van der Waals surface area contributed by atoms with Gasteiger partial charge in [0.15, 0.2) is 0 Å². The molecule has 0 bridgehead atoms. The van der Waals surface area contributed by atoms with E-state index in [9.17, 15) is 4.79 Å². The fourth-order valence-corrected chi connectivity index (χ4v) is 1.55.